The maximum atomic E-state index is 13.3. The monoisotopic (exact) mass is 494 g/mol. The number of hydrogen-bond donors (Lipinski definition) is 1. The second-order valence-corrected chi connectivity index (χ2v) is 10.6. The fourth-order valence-corrected chi connectivity index (χ4v) is 6.28. The van der Waals surface area contributed by atoms with Crippen LogP contribution in [0.3, 0.4) is 0 Å². The smallest absolute Gasteiger partial charge is 0.246 e. The Kier molecular flexibility index (Phi) is 6.89. The first-order valence-corrected chi connectivity index (χ1v) is 12.1. The van der Waals surface area contributed by atoms with Crippen molar-refractivity contribution in [3.63, 3.8) is 0 Å². The number of aryl methyl sites for hydroxylation is 3. The lowest BCUT2D eigenvalue weighted by Crippen LogP contribution is -2.43. The molecule has 1 saturated heterocycles. The molecular formula is C22H27BrN2O4S. The summed E-state index contributed by atoms with van der Waals surface area (Å²) in [6, 6.07) is 8.99. The Morgan fingerprint density at radius 1 is 1.17 bits per heavy atom. The van der Waals surface area contributed by atoms with Crippen molar-refractivity contribution in [2.75, 3.05) is 25.5 Å². The van der Waals surface area contributed by atoms with Crippen LogP contribution in [0.1, 0.15) is 29.5 Å². The van der Waals surface area contributed by atoms with Crippen LogP contribution in [0.25, 0.3) is 0 Å². The first-order chi connectivity index (χ1) is 14.1. The summed E-state index contributed by atoms with van der Waals surface area (Å²) in [5.41, 5.74) is 3.53. The van der Waals surface area contributed by atoms with E-state index in [1.165, 1.54) is 11.4 Å². The zero-order valence-corrected chi connectivity index (χ0v) is 20.1. The van der Waals surface area contributed by atoms with Crippen LogP contribution >= 0.6 is 15.9 Å². The van der Waals surface area contributed by atoms with E-state index in [0.29, 0.717) is 25.1 Å². The largest absolute Gasteiger partial charge is 0.495 e. The van der Waals surface area contributed by atoms with Gasteiger partial charge in [0.25, 0.3) is 0 Å². The average Bonchev–Trinajstić information content (AvgIpc) is 2.70. The van der Waals surface area contributed by atoms with Crippen molar-refractivity contribution in [2.45, 2.75) is 38.5 Å². The van der Waals surface area contributed by atoms with Gasteiger partial charge in [0.05, 0.1) is 13.0 Å². The topological polar surface area (TPSA) is 75.7 Å². The van der Waals surface area contributed by atoms with E-state index < -0.39 is 15.9 Å². The Labute approximate surface area is 186 Å². The number of anilines is 1. The van der Waals surface area contributed by atoms with Gasteiger partial charge in [0.2, 0.25) is 15.9 Å². The summed E-state index contributed by atoms with van der Waals surface area (Å²) in [5.74, 6) is -0.250. The fourth-order valence-electron chi connectivity index (χ4n) is 3.83. The summed E-state index contributed by atoms with van der Waals surface area (Å²) in [5, 5.41) is 3.01. The predicted octanol–water partition coefficient (Wildman–Crippen LogP) is 4.42. The number of amides is 1. The maximum absolute atomic E-state index is 13.3. The van der Waals surface area contributed by atoms with Crippen LogP contribution in [0.4, 0.5) is 5.69 Å². The molecule has 1 atom stereocenters. The summed E-state index contributed by atoms with van der Waals surface area (Å²) < 4.78 is 34.2. The second-order valence-electron chi connectivity index (χ2n) is 7.76. The number of nitrogens with zero attached hydrogens (tertiary/aromatic N) is 1. The van der Waals surface area contributed by atoms with Crippen molar-refractivity contribution in [2.24, 2.45) is 5.92 Å². The van der Waals surface area contributed by atoms with E-state index in [9.17, 15) is 13.2 Å². The Balaban J connectivity index is 1.82. The van der Waals surface area contributed by atoms with E-state index in [4.69, 9.17) is 4.74 Å². The van der Waals surface area contributed by atoms with E-state index in [2.05, 4.69) is 21.2 Å². The Bertz CT molecular complexity index is 1050. The van der Waals surface area contributed by atoms with Crippen LogP contribution < -0.4 is 10.1 Å². The molecule has 1 heterocycles. The molecule has 0 bridgehead atoms. The number of benzene rings is 2. The molecule has 0 unspecified atom stereocenters. The third-order valence-electron chi connectivity index (χ3n) is 5.44. The van der Waals surface area contributed by atoms with E-state index in [1.54, 1.807) is 12.1 Å². The summed E-state index contributed by atoms with van der Waals surface area (Å²) in [7, 11) is -2.31. The predicted molar refractivity (Wildman–Crippen MR) is 121 cm³/mol. The van der Waals surface area contributed by atoms with Crippen molar-refractivity contribution in [3.8, 4) is 5.75 Å². The standard InChI is InChI=1S/C22H27BrN2O4S/c1-14-7-8-19(29-4)20(10-14)30(27,28)25-9-5-6-17(13-25)22(26)24-21-15(2)11-18(23)12-16(21)3/h7-8,10-12,17H,5-6,9,13H2,1-4H3,(H,24,26)/t17-/m1/s1. The van der Waals surface area contributed by atoms with Crippen LogP contribution in [0.15, 0.2) is 39.7 Å². The number of halogens is 1. The number of carbonyl (C=O) groups excluding carboxylic acids is 1. The van der Waals surface area contributed by atoms with Crippen LogP contribution in [0, 0.1) is 26.7 Å². The average molecular weight is 495 g/mol. The van der Waals surface area contributed by atoms with Gasteiger partial charge in [-0.2, -0.15) is 4.31 Å². The molecule has 1 amide bonds. The van der Waals surface area contributed by atoms with Gasteiger partial charge in [-0.1, -0.05) is 22.0 Å². The van der Waals surface area contributed by atoms with E-state index in [-0.39, 0.29) is 17.3 Å². The molecule has 6 nitrogen and oxygen atoms in total. The molecular weight excluding hydrogens is 468 g/mol. The van der Waals surface area contributed by atoms with Crippen molar-refractivity contribution in [1.29, 1.82) is 0 Å². The third-order valence-corrected chi connectivity index (χ3v) is 7.78. The van der Waals surface area contributed by atoms with Crippen molar-refractivity contribution < 1.29 is 17.9 Å². The van der Waals surface area contributed by atoms with Crippen molar-refractivity contribution >= 4 is 37.5 Å². The summed E-state index contributed by atoms with van der Waals surface area (Å²) in [6.07, 6.45) is 1.28. The lowest BCUT2D eigenvalue weighted by Gasteiger charge is -2.31. The van der Waals surface area contributed by atoms with Crippen LogP contribution in [0.5, 0.6) is 5.75 Å². The van der Waals surface area contributed by atoms with Gasteiger partial charge in [0.15, 0.2) is 0 Å². The molecule has 30 heavy (non-hydrogen) atoms. The number of ether oxygens (including phenoxy) is 1. The van der Waals surface area contributed by atoms with Gasteiger partial charge in [-0.15, -0.1) is 0 Å². The van der Waals surface area contributed by atoms with Gasteiger partial charge in [-0.05, 0) is 74.6 Å². The number of rotatable bonds is 5. The molecule has 0 spiro atoms. The molecule has 2 aromatic carbocycles. The number of piperidine rings is 1. The summed E-state index contributed by atoms with van der Waals surface area (Å²) >= 11 is 3.46. The molecule has 8 heteroatoms. The SMILES string of the molecule is COc1ccc(C)cc1S(=O)(=O)N1CCC[C@@H](C(=O)Nc2c(C)cc(Br)cc2C)C1. The lowest BCUT2D eigenvalue weighted by molar-refractivity contribution is -0.120. The van der Waals surface area contributed by atoms with Gasteiger partial charge >= 0.3 is 0 Å². The highest BCUT2D eigenvalue weighted by molar-refractivity contribution is 9.10. The first kappa shape index (κ1) is 22.8. The lowest BCUT2D eigenvalue weighted by atomic mass is 9.98. The normalized spacial score (nSPS) is 17.6. The van der Waals surface area contributed by atoms with Gasteiger partial charge in [-0.25, -0.2) is 8.42 Å². The molecule has 0 aromatic heterocycles. The molecule has 0 saturated carbocycles. The quantitative estimate of drug-likeness (QED) is 0.667. The van der Waals surface area contributed by atoms with Crippen LogP contribution in [0.2, 0.25) is 0 Å². The number of methoxy groups -OCH3 is 1. The van der Waals surface area contributed by atoms with Gasteiger partial charge in [0, 0.05) is 23.2 Å². The number of carbonyl (C=O) groups is 1. The maximum Gasteiger partial charge on any atom is 0.246 e. The molecule has 3 rings (SSSR count). The molecule has 1 aliphatic rings. The van der Waals surface area contributed by atoms with E-state index in [0.717, 1.165) is 26.9 Å². The van der Waals surface area contributed by atoms with Crippen LogP contribution in [-0.4, -0.2) is 38.8 Å². The Morgan fingerprint density at radius 2 is 1.83 bits per heavy atom. The zero-order valence-electron chi connectivity index (χ0n) is 17.7. The van der Waals surface area contributed by atoms with E-state index in [1.807, 2.05) is 39.0 Å². The minimum Gasteiger partial charge on any atom is -0.495 e. The first-order valence-electron chi connectivity index (χ1n) is 9.86. The molecule has 2 aromatic rings. The van der Waals surface area contributed by atoms with Gasteiger partial charge in [-0.3, -0.25) is 4.79 Å². The number of nitrogens with one attached hydrogen (secondary N) is 1. The number of sulfonamides is 1. The minimum atomic E-state index is -3.77. The minimum absolute atomic E-state index is 0.144. The summed E-state index contributed by atoms with van der Waals surface area (Å²) in [4.78, 5) is 13.1. The third kappa shape index (κ3) is 4.71. The van der Waals surface area contributed by atoms with Gasteiger partial charge < -0.3 is 10.1 Å². The Hall–Kier alpha value is -1.90. The van der Waals surface area contributed by atoms with E-state index >= 15 is 0 Å². The fraction of sp³-hybridized carbons (Fsp3) is 0.409. The summed E-state index contributed by atoms with van der Waals surface area (Å²) in [6.45, 7) is 6.26. The highest BCUT2D eigenvalue weighted by Gasteiger charge is 2.35. The van der Waals surface area contributed by atoms with Crippen LogP contribution in [-0.2, 0) is 14.8 Å². The highest BCUT2D eigenvalue weighted by atomic mass is 79.9. The zero-order chi connectivity index (χ0) is 22.1. The van der Waals surface area contributed by atoms with Crippen molar-refractivity contribution in [1.82, 2.24) is 4.31 Å². The Morgan fingerprint density at radius 3 is 2.47 bits per heavy atom. The molecule has 0 aliphatic carbocycles. The highest BCUT2D eigenvalue weighted by Crippen LogP contribution is 2.31. The molecule has 162 valence electrons. The second kappa shape index (κ2) is 9.08. The molecule has 1 fully saturated rings. The van der Waals surface area contributed by atoms with Gasteiger partial charge in [0.1, 0.15) is 10.6 Å². The number of hydrogen-bond acceptors (Lipinski definition) is 4. The molecule has 1 aliphatic heterocycles. The molecule has 0 radical (unpaired) electrons. The molecule has 1 N–H and O–H groups in total. The van der Waals surface area contributed by atoms with Crippen molar-refractivity contribution in [3.05, 3.63) is 51.5 Å².